The van der Waals surface area contributed by atoms with E-state index in [2.05, 4.69) is 16.6 Å². The minimum Gasteiger partial charge on any atom is -0.353 e. The molecule has 0 saturated heterocycles. The van der Waals surface area contributed by atoms with Gasteiger partial charge < -0.3 is 5.32 Å². The molecular formula is C15H22N2O3S. The van der Waals surface area contributed by atoms with E-state index in [9.17, 15) is 13.2 Å². The van der Waals surface area contributed by atoms with Gasteiger partial charge in [0.25, 0.3) is 0 Å². The van der Waals surface area contributed by atoms with Crippen molar-refractivity contribution in [3.63, 3.8) is 0 Å². The van der Waals surface area contributed by atoms with Gasteiger partial charge in [0.15, 0.2) is 0 Å². The van der Waals surface area contributed by atoms with Crippen molar-refractivity contribution in [3.8, 4) is 0 Å². The summed E-state index contributed by atoms with van der Waals surface area (Å²) < 4.78 is 27.1. The van der Waals surface area contributed by atoms with E-state index in [1.807, 2.05) is 19.1 Å². The quantitative estimate of drug-likeness (QED) is 0.751. The molecule has 0 radical (unpaired) electrons. The second kappa shape index (κ2) is 7.38. The molecule has 0 aliphatic rings. The molecule has 0 spiro atoms. The molecule has 0 fully saturated rings. The van der Waals surface area contributed by atoms with Crippen LogP contribution in [0.2, 0.25) is 0 Å². The highest BCUT2D eigenvalue weighted by molar-refractivity contribution is 7.89. The molecule has 0 aromatic heterocycles. The first kappa shape index (κ1) is 17.4. The van der Waals surface area contributed by atoms with E-state index < -0.39 is 10.0 Å². The van der Waals surface area contributed by atoms with Crippen molar-refractivity contribution in [1.29, 1.82) is 0 Å². The molecule has 0 saturated carbocycles. The maximum atomic E-state index is 12.3. The Labute approximate surface area is 126 Å². The highest BCUT2D eigenvalue weighted by Crippen LogP contribution is 2.21. The Kier molecular flexibility index (Phi) is 6.11. The molecule has 21 heavy (non-hydrogen) atoms. The maximum absolute atomic E-state index is 12.3. The van der Waals surface area contributed by atoms with Gasteiger partial charge in [-0.3, -0.25) is 4.79 Å². The molecule has 0 aliphatic carbocycles. The van der Waals surface area contributed by atoms with E-state index >= 15 is 0 Å². The minimum atomic E-state index is -3.60. The zero-order chi connectivity index (χ0) is 16.0. The third-order valence-corrected chi connectivity index (χ3v) is 4.73. The monoisotopic (exact) mass is 310 g/mol. The first-order valence-electron chi connectivity index (χ1n) is 6.73. The van der Waals surface area contributed by atoms with Crippen molar-refractivity contribution in [2.45, 2.75) is 32.1 Å². The second-order valence-electron chi connectivity index (χ2n) is 4.97. The molecule has 116 valence electrons. The second-order valence-corrected chi connectivity index (χ2v) is 6.67. The van der Waals surface area contributed by atoms with Crippen LogP contribution in [0.3, 0.4) is 0 Å². The molecule has 2 N–H and O–H groups in total. The zero-order valence-corrected chi connectivity index (χ0v) is 13.5. The fourth-order valence-corrected chi connectivity index (χ4v) is 3.72. The van der Waals surface area contributed by atoms with Gasteiger partial charge in [0, 0.05) is 19.5 Å². The SMILES string of the molecule is C=CCNC(=O)CCNS(=O)(=O)c1c(C)cc(C)cc1C. The van der Waals surface area contributed by atoms with E-state index in [-0.39, 0.29) is 18.9 Å². The number of rotatable bonds is 7. The minimum absolute atomic E-state index is 0.0675. The van der Waals surface area contributed by atoms with Crippen LogP contribution in [0.5, 0.6) is 0 Å². The smallest absolute Gasteiger partial charge is 0.241 e. The summed E-state index contributed by atoms with van der Waals surface area (Å²) in [5.41, 5.74) is 2.43. The average Bonchev–Trinajstić information content (AvgIpc) is 2.34. The van der Waals surface area contributed by atoms with Crippen molar-refractivity contribution < 1.29 is 13.2 Å². The Balaban J connectivity index is 2.75. The van der Waals surface area contributed by atoms with Crippen LogP contribution in [0.25, 0.3) is 0 Å². The van der Waals surface area contributed by atoms with E-state index in [0.717, 1.165) is 5.56 Å². The summed E-state index contributed by atoms with van der Waals surface area (Å²) in [6.07, 6.45) is 1.66. The van der Waals surface area contributed by atoms with Gasteiger partial charge in [-0.1, -0.05) is 23.8 Å². The summed E-state index contributed by atoms with van der Waals surface area (Å²) in [4.78, 5) is 11.7. The Morgan fingerprint density at radius 3 is 2.33 bits per heavy atom. The molecule has 1 aromatic rings. The predicted octanol–water partition coefficient (Wildman–Crippen LogP) is 1.58. The van der Waals surface area contributed by atoms with Crippen LogP contribution in [-0.4, -0.2) is 27.4 Å². The first-order chi connectivity index (χ1) is 9.77. The number of hydrogen-bond donors (Lipinski definition) is 2. The molecule has 0 unspecified atom stereocenters. The summed E-state index contributed by atoms with van der Waals surface area (Å²) >= 11 is 0. The van der Waals surface area contributed by atoms with Crippen LogP contribution in [-0.2, 0) is 14.8 Å². The van der Waals surface area contributed by atoms with Crippen LogP contribution in [0.4, 0.5) is 0 Å². The largest absolute Gasteiger partial charge is 0.353 e. The fraction of sp³-hybridized carbons (Fsp3) is 0.400. The number of sulfonamides is 1. The molecule has 5 nitrogen and oxygen atoms in total. The average molecular weight is 310 g/mol. The molecule has 1 rings (SSSR count). The number of benzene rings is 1. The summed E-state index contributed by atoms with van der Waals surface area (Å²) in [5.74, 6) is -0.213. The number of amides is 1. The van der Waals surface area contributed by atoms with Crippen molar-refractivity contribution in [1.82, 2.24) is 10.0 Å². The number of hydrogen-bond acceptors (Lipinski definition) is 3. The van der Waals surface area contributed by atoms with Crippen molar-refractivity contribution >= 4 is 15.9 Å². The zero-order valence-electron chi connectivity index (χ0n) is 12.7. The number of carbonyl (C=O) groups is 1. The topological polar surface area (TPSA) is 75.3 Å². The molecule has 0 aliphatic heterocycles. The molecule has 0 heterocycles. The standard InChI is InChI=1S/C15H22N2O3S/c1-5-7-16-14(18)6-8-17-21(19,20)15-12(3)9-11(2)10-13(15)4/h5,9-10,17H,1,6-8H2,2-4H3,(H,16,18). The van der Waals surface area contributed by atoms with Gasteiger partial charge in [-0.2, -0.15) is 0 Å². The fourth-order valence-electron chi connectivity index (χ4n) is 2.24. The van der Waals surface area contributed by atoms with Crippen LogP contribution < -0.4 is 10.0 Å². The molecule has 0 atom stereocenters. The van der Waals surface area contributed by atoms with Crippen LogP contribution in [0.15, 0.2) is 29.7 Å². The maximum Gasteiger partial charge on any atom is 0.241 e. The summed E-state index contributed by atoms with van der Waals surface area (Å²) in [7, 11) is -3.60. The van der Waals surface area contributed by atoms with E-state index in [0.29, 0.717) is 22.6 Å². The van der Waals surface area contributed by atoms with Gasteiger partial charge >= 0.3 is 0 Å². The third-order valence-electron chi connectivity index (χ3n) is 2.96. The lowest BCUT2D eigenvalue weighted by molar-refractivity contribution is -0.120. The summed E-state index contributed by atoms with van der Waals surface area (Å²) in [6, 6.07) is 3.66. The lowest BCUT2D eigenvalue weighted by atomic mass is 10.1. The Bertz CT molecular complexity index is 613. The summed E-state index contributed by atoms with van der Waals surface area (Å²) in [5, 5.41) is 2.60. The van der Waals surface area contributed by atoms with Crippen molar-refractivity contribution in [2.75, 3.05) is 13.1 Å². The number of nitrogens with one attached hydrogen (secondary N) is 2. The molecular weight excluding hydrogens is 288 g/mol. The highest BCUT2D eigenvalue weighted by Gasteiger charge is 2.19. The Hall–Kier alpha value is -1.66. The Morgan fingerprint density at radius 2 is 1.81 bits per heavy atom. The van der Waals surface area contributed by atoms with E-state index in [1.54, 1.807) is 19.9 Å². The van der Waals surface area contributed by atoms with Gasteiger partial charge in [0.2, 0.25) is 15.9 Å². The highest BCUT2D eigenvalue weighted by atomic mass is 32.2. The predicted molar refractivity (Wildman–Crippen MR) is 83.7 cm³/mol. The normalized spacial score (nSPS) is 11.2. The first-order valence-corrected chi connectivity index (χ1v) is 8.21. The van der Waals surface area contributed by atoms with Gasteiger partial charge in [0.05, 0.1) is 4.90 Å². The van der Waals surface area contributed by atoms with Crippen molar-refractivity contribution in [2.24, 2.45) is 0 Å². The third kappa shape index (κ3) is 4.99. The molecule has 0 bridgehead atoms. The Morgan fingerprint density at radius 1 is 1.24 bits per heavy atom. The van der Waals surface area contributed by atoms with Crippen LogP contribution in [0.1, 0.15) is 23.1 Å². The lowest BCUT2D eigenvalue weighted by Crippen LogP contribution is -2.31. The van der Waals surface area contributed by atoms with E-state index in [4.69, 9.17) is 0 Å². The van der Waals surface area contributed by atoms with Crippen LogP contribution >= 0.6 is 0 Å². The van der Waals surface area contributed by atoms with Gasteiger partial charge in [0.1, 0.15) is 0 Å². The van der Waals surface area contributed by atoms with Gasteiger partial charge in [-0.25, -0.2) is 13.1 Å². The molecule has 1 amide bonds. The molecule has 1 aromatic carbocycles. The number of carbonyl (C=O) groups excluding carboxylic acids is 1. The van der Waals surface area contributed by atoms with Crippen molar-refractivity contribution in [3.05, 3.63) is 41.5 Å². The number of aryl methyl sites for hydroxylation is 3. The van der Waals surface area contributed by atoms with E-state index in [1.165, 1.54) is 0 Å². The lowest BCUT2D eigenvalue weighted by Gasteiger charge is -2.13. The summed E-state index contributed by atoms with van der Waals surface area (Å²) in [6.45, 7) is 9.40. The van der Waals surface area contributed by atoms with Gasteiger partial charge in [-0.15, -0.1) is 6.58 Å². The van der Waals surface area contributed by atoms with Crippen LogP contribution in [0, 0.1) is 20.8 Å². The molecule has 6 heteroatoms. The van der Waals surface area contributed by atoms with Gasteiger partial charge in [-0.05, 0) is 31.9 Å².